The molecule has 0 radical (unpaired) electrons. The molecule has 0 unspecified atom stereocenters. The van der Waals surface area contributed by atoms with Gasteiger partial charge in [-0.2, -0.15) is 17.1 Å². The van der Waals surface area contributed by atoms with Gasteiger partial charge < -0.3 is 5.11 Å². The molecular weight excluding hydrogens is 314 g/mol. The largest absolute Gasteiger partial charge is 0.478 e. The van der Waals surface area contributed by atoms with Crippen LogP contribution in [0.3, 0.4) is 0 Å². The molecule has 2 heterocycles. The Morgan fingerprint density at radius 2 is 2.00 bits per heavy atom. The number of carboxylic acids is 1. The Bertz CT molecular complexity index is 633. The highest BCUT2D eigenvalue weighted by Crippen LogP contribution is 2.31. The highest BCUT2D eigenvalue weighted by molar-refractivity contribution is 7.90. The predicted molar refractivity (Wildman–Crippen MR) is 81.1 cm³/mol. The lowest BCUT2D eigenvalue weighted by Crippen LogP contribution is -2.45. The van der Waals surface area contributed by atoms with E-state index in [0.717, 1.165) is 28.7 Å². The van der Waals surface area contributed by atoms with Crippen molar-refractivity contribution in [2.24, 2.45) is 5.92 Å². The summed E-state index contributed by atoms with van der Waals surface area (Å²) in [4.78, 5) is 11.3. The Morgan fingerprint density at radius 3 is 2.52 bits per heavy atom. The third-order valence-electron chi connectivity index (χ3n) is 3.76. The van der Waals surface area contributed by atoms with Crippen LogP contribution >= 0.6 is 11.5 Å². The highest BCUT2D eigenvalue weighted by Gasteiger charge is 2.33. The summed E-state index contributed by atoms with van der Waals surface area (Å²) >= 11 is 0.893. The van der Waals surface area contributed by atoms with Gasteiger partial charge in [0, 0.05) is 20.1 Å². The van der Waals surface area contributed by atoms with E-state index in [1.165, 1.54) is 11.4 Å². The number of carbonyl (C=O) groups is 1. The van der Waals surface area contributed by atoms with Crippen molar-refractivity contribution in [1.82, 2.24) is 8.68 Å². The molecule has 2 rings (SSSR count). The molecule has 1 fully saturated rings. The SMILES string of the molecule is Cc1nsc(N(C)S(=O)(=O)N2CCC(C)CC2)c1C(=O)O. The predicted octanol–water partition coefficient (Wildman–Crippen LogP) is 1.56. The topological polar surface area (TPSA) is 90.8 Å². The number of nitrogens with zero attached hydrogens (tertiary/aromatic N) is 3. The lowest BCUT2D eigenvalue weighted by Gasteiger charge is -2.32. The third-order valence-corrected chi connectivity index (χ3v) is 6.78. The van der Waals surface area contributed by atoms with Gasteiger partial charge in [-0.15, -0.1) is 0 Å². The van der Waals surface area contributed by atoms with Crippen LogP contribution in [0.5, 0.6) is 0 Å². The monoisotopic (exact) mass is 333 g/mol. The second-order valence-corrected chi connectivity index (χ2v) is 8.02. The van der Waals surface area contributed by atoms with Gasteiger partial charge >= 0.3 is 16.2 Å². The lowest BCUT2D eigenvalue weighted by atomic mass is 10.0. The van der Waals surface area contributed by atoms with E-state index in [2.05, 4.69) is 11.3 Å². The summed E-state index contributed by atoms with van der Waals surface area (Å²) < 4.78 is 31.6. The average molecular weight is 333 g/mol. The second kappa shape index (κ2) is 5.90. The molecule has 1 aliphatic rings. The van der Waals surface area contributed by atoms with Crippen molar-refractivity contribution in [2.75, 3.05) is 24.4 Å². The van der Waals surface area contributed by atoms with Crippen LogP contribution in [0.1, 0.15) is 35.8 Å². The number of aromatic nitrogens is 1. The van der Waals surface area contributed by atoms with Crippen LogP contribution in [0.4, 0.5) is 5.00 Å². The van der Waals surface area contributed by atoms with Gasteiger partial charge in [-0.05, 0) is 37.2 Å². The first-order valence-electron chi connectivity index (χ1n) is 6.68. The summed E-state index contributed by atoms with van der Waals surface area (Å²) in [6.07, 6.45) is 1.64. The minimum absolute atomic E-state index is 0.0450. The van der Waals surface area contributed by atoms with E-state index in [-0.39, 0.29) is 10.6 Å². The van der Waals surface area contributed by atoms with Crippen LogP contribution in [0.25, 0.3) is 0 Å². The normalized spacial score (nSPS) is 17.9. The van der Waals surface area contributed by atoms with E-state index in [1.807, 2.05) is 0 Å². The number of hydrogen-bond acceptors (Lipinski definition) is 5. The summed E-state index contributed by atoms with van der Waals surface area (Å²) in [5.41, 5.74) is 0.285. The molecule has 1 aromatic rings. The number of rotatable bonds is 4. The van der Waals surface area contributed by atoms with Crippen molar-refractivity contribution in [3.63, 3.8) is 0 Å². The van der Waals surface area contributed by atoms with Crippen LogP contribution in [0, 0.1) is 12.8 Å². The van der Waals surface area contributed by atoms with Crippen molar-refractivity contribution >= 4 is 32.7 Å². The number of aryl methyl sites for hydroxylation is 1. The first kappa shape index (κ1) is 16.2. The van der Waals surface area contributed by atoms with E-state index in [0.29, 0.717) is 24.7 Å². The molecule has 1 saturated heterocycles. The summed E-state index contributed by atoms with van der Waals surface area (Å²) in [5, 5.41) is 9.38. The minimum Gasteiger partial charge on any atom is -0.478 e. The molecule has 0 bridgehead atoms. The number of anilines is 1. The zero-order chi connectivity index (χ0) is 15.8. The van der Waals surface area contributed by atoms with Crippen LogP contribution in [0.2, 0.25) is 0 Å². The smallest absolute Gasteiger partial charge is 0.340 e. The maximum Gasteiger partial charge on any atom is 0.340 e. The van der Waals surface area contributed by atoms with Crippen LogP contribution in [0.15, 0.2) is 0 Å². The maximum absolute atomic E-state index is 12.6. The van der Waals surface area contributed by atoms with E-state index in [9.17, 15) is 18.3 Å². The molecule has 0 aromatic carbocycles. The van der Waals surface area contributed by atoms with E-state index in [4.69, 9.17) is 0 Å². The van der Waals surface area contributed by atoms with Gasteiger partial charge in [0.05, 0.1) is 5.69 Å². The maximum atomic E-state index is 12.6. The quantitative estimate of drug-likeness (QED) is 0.903. The van der Waals surface area contributed by atoms with Crippen molar-refractivity contribution in [1.29, 1.82) is 0 Å². The number of hydrogen-bond donors (Lipinski definition) is 1. The summed E-state index contributed by atoms with van der Waals surface area (Å²) in [6.45, 7) is 4.59. The third kappa shape index (κ3) is 3.04. The van der Waals surface area contributed by atoms with E-state index >= 15 is 0 Å². The molecule has 21 heavy (non-hydrogen) atoms. The van der Waals surface area contributed by atoms with Crippen LogP contribution < -0.4 is 4.31 Å². The fourth-order valence-corrected chi connectivity index (χ4v) is 4.77. The summed E-state index contributed by atoms with van der Waals surface area (Å²) in [7, 11) is -2.33. The fraction of sp³-hybridized carbons (Fsp3) is 0.667. The molecule has 9 heteroatoms. The molecule has 0 atom stereocenters. The first-order valence-corrected chi connectivity index (χ1v) is 8.85. The zero-order valence-electron chi connectivity index (χ0n) is 12.2. The van der Waals surface area contributed by atoms with Crippen molar-refractivity contribution < 1.29 is 18.3 Å². The molecule has 0 amide bonds. The minimum atomic E-state index is -3.71. The number of carboxylic acid groups (broad SMARTS) is 1. The molecule has 1 aliphatic heterocycles. The molecule has 1 aromatic heterocycles. The van der Waals surface area contributed by atoms with Gasteiger partial charge in [-0.25, -0.2) is 9.10 Å². The standard InChI is InChI=1S/C12H19N3O4S2/c1-8-4-6-15(7-5-8)21(18,19)14(3)11-10(12(16)17)9(2)13-20-11/h8H,4-7H2,1-3H3,(H,16,17). The number of piperidine rings is 1. The Labute approximate surface area is 128 Å². The van der Waals surface area contributed by atoms with Gasteiger partial charge in [0.15, 0.2) is 0 Å². The molecule has 0 saturated carbocycles. The Kier molecular flexibility index (Phi) is 4.54. The molecule has 0 aliphatic carbocycles. The van der Waals surface area contributed by atoms with Crippen molar-refractivity contribution in [3.8, 4) is 0 Å². The average Bonchev–Trinajstić information content (AvgIpc) is 2.80. The molecule has 118 valence electrons. The van der Waals surface area contributed by atoms with Gasteiger partial charge in [0.25, 0.3) is 0 Å². The Balaban J connectivity index is 2.31. The summed E-state index contributed by atoms with van der Waals surface area (Å²) in [5.74, 6) is -0.646. The lowest BCUT2D eigenvalue weighted by molar-refractivity contribution is 0.0697. The number of aromatic carboxylic acids is 1. The summed E-state index contributed by atoms with van der Waals surface area (Å²) in [6, 6.07) is 0. The van der Waals surface area contributed by atoms with E-state index in [1.54, 1.807) is 6.92 Å². The van der Waals surface area contributed by atoms with Crippen molar-refractivity contribution in [2.45, 2.75) is 26.7 Å². The molecule has 7 nitrogen and oxygen atoms in total. The fourth-order valence-electron chi connectivity index (χ4n) is 2.31. The second-order valence-electron chi connectivity index (χ2n) is 5.31. The molecule has 0 spiro atoms. The van der Waals surface area contributed by atoms with Gasteiger partial charge in [0.2, 0.25) is 0 Å². The Morgan fingerprint density at radius 1 is 1.43 bits per heavy atom. The first-order chi connectivity index (χ1) is 9.75. The molecular formula is C12H19N3O4S2. The highest BCUT2D eigenvalue weighted by atomic mass is 32.2. The molecule has 1 N–H and O–H groups in total. The zero-order valence-corrected chi connectivity index (χ0v) is 13.9. The van der Waals surface area contributed by atoms with Crippen LogP contribution in [-0.2, 0) is 10.2 Å². The van der Waals surface area contributed by atoms with E-state index < -0.39 is 16.2 Å². The van der Waals surface area contributed by atoms with Crippen molar-refractivity contribution in [3.05, 3.63) is 11.3 Å². The van der Waals surface area contributed by atoms with Gasteiger partial charge in [-0.1, -0.05) is 6.92 Å². The Hall–Kier alpha value is -1.19. The van der Waals surface area contributed by atoms with Crippen LogP contribution in [-0.4, -0.2) is 48.3 Å². The van der Waals surface area contributed by atoms with Gasteiger partial charge in [-0.3, -0.25) is 0 Å². The van der Waals surface area contributed by atoms with Gasteiger partial charge in [0.1, 0.15) is 10.6 Å².